The van der Waals surface area contributed by atoms with E-state index < -0.39 is 9.84 Å². The van der Waals surface area contributed by atoms with Gasteiger partial charge < -0.3 is 0 Å². The van der Waals surface area contributed by atoms with E-state index in [1.54, 1.807) is 0 Å². The van der Waals surface area contributed by atoms with Gasteiger partial charge in [-0.05, 0) is 19.8 Å². The molecule has 0 aromatic carbocycles. The highest BCUT2D eigenvalue weighted by Crippen LogP contribution is 2.36. The number of ketones is 1. The standard InChI is InChI=1S/C14H25NO3S/c1-11-10-19(17,18)8-7-15(11)9-12-5-4-6-14(2,3)13(12)16/h11-12H,4-10H2,1-3H3. The predicted octanol–water partition coefficient (Wildman–Crippen LogP) is 1.50. The first-order chi connectivity index (χ1) is 8.71. The summed E-state index contributed by atoms with van der Waals surface area (Å²) < 4.78 is 23.1. The summed E-state index contributed by atoms with van der Waals surface area (Å²) in [6.45, 7) is 7.33. The highest BCUT2D eigenvalue weighted by atomic mass is 32.2. The Kier molecular flexibility index (Phi) is 4.07. The summed E-state index contributed by atoms with van der Waals surface area (Å²) in [5.41, 5.74) is -0.200. The SMILES string of the molecule is CC1CS(=O)(=O)CCN1CC1CCCC(C)(C)C1=O. The fraction of sp³-hybridized carbons (Fsp3) is 0.929. The first-order valence-corrected chi connectivity index (χ1v) is 9.02. The zero-order valence-electron chi connectivity index (χ0n) is 12.2. The summed E-state index contributed by atoms with van der Waals surface area (Å²) in [4.78, 5) is 14.6. The van der Waals surface area contributed by atoms with Crippen molar-refractivity contribution >= 4 is 15.6 Å². The van der Waals surface area contributed by atoms with Crippen LogP contribution in [-0.2, 0) is 14.6 Å². The van der Waals surface area contributed by atoms with Crippen molar-refractivity contribution in [2.24, 2.45) is 11.3 Å². The number of carbonyl (C=O) groups is 1. The van der Waals surface area contributed by atoms with Crippen molar-refractivity contribution in [3.63, 3.8) is 0 Å². The number of Topliss-reactive ketones (excluding diaryl/α,β-unsaturated/α-hetero) is 1. The molecule has 0 spiro atoms. The lowest BCUT2D eigenvalue weighted by molar-refractivity contribution is -0.135. The summed E-state index contributed by atoms with van der Waals surface area (Å²) in [5, 5.41) is 0. The molecule has 1 saturated carbocycles. The molecule has 1 aliphatic carbocycles. The minimum atomic E-state index is -2.87. The fourth-order valence-electron chi connectivity index (χ4n) is 3.36. The molecule has 0 N–H and O–H groups in total. The van der Waals surface area contributed by atoms with Gasteiger partial charge in [0.05, 0.1) is 11.5 Å². The molecule has 0 bridgehead atoms. The van der Waals surface area contributed by atoms with Crippen LogP contribution in [-0.4, -0.2) is 49.7 Å². The maximum Gasteiger partial charge on any atom is 0.153 e. The van der Waals surface area contributed by atoms with Gasteiger partial charge in [-0.15, -0.1) is 0 Å². The molecule has 1 heterocycles. The molecule has 110 valence electrons. The van der Waals surface area contributed by atoms with Crippen LogP contribution in [0.5, 0.6) is 0 Å². The van der Waals surface area contributed by atoms with Gasteiger partial charge in [-0.1, -0.05) is 20.3 Å². The molecule has 2 atom stereocenters. The van der Waals surface area contributed by atoms with Gasteiger partial charge in [-0.3, -0.25) is 9.69 Å². The zero-order valence-corrected chi connectivity index (χ0v) is 13.0. The van der Waals surface area contributed by atoms with Crippen molar-refractivity contribution in [3.05, 3.63) is 0 Å². The molecule has 0 radical (unpaired) electrons. The first kappa shape index (κ1) is 15.0. The van der Waals surface area contributed by atoms with Gasteiger partial charge in [-0.2, -0.15) is 0 Å². The lowest BCUT2D eigenvalue weighted by Crippen LogP contribution is -2.51. The van der Waals surface area contributed by atoms with Gasteiger partial charge in [0.25, 0.3) is 0 Å². The maximum atomic E-state index is 12.4. The highest BCUT2D eigenvalue weighted by molar-refractivity contribution is 7.91. The van der Waals surface area contributed by atoms with Gasteiger partial charge >= 0.3 is 0 Å². The van der Waals surface area contributed by atoms with Crippen molar-refractivity contribution in [1.82, 2.24) is 4.90 Å². The molecule has 2 unspecified atom stereocenters. The lowest BCUT2D eigenvalue weighted by Gasteiger charge is -2.39. The molecule has 0 aromatic heterocycles. The van der Waals surface area contributed by atoms with Gasteiger partial charge in [0, 0.05) is 30.5 Å². The molecular formula is C14H25NO3S. The van der Waals surface area contributed by atoms with E-state index in [2.05, 4.69) is 4.90 Å². The minimum Gasteiger partial charge on any atom is -0.299 e. The number of hydrogen-bond donors (Lipinski definition) is 0. The Morgan fingerprint density at radius 3 is 2.68 bits per heavy atom. The average Bonchev–Trinajstić information content (AvgIpc) is 2.27. The molecule has 0 aromatic rings. The Labute approximate surface area is 116 Å². The summed E-state index contributed by atoms with van der Waals surface area (Å²) in [5.74, 6) is 0.922. The molecule has 2 rings (SSSR count). The summed E-state index contributed by atoms with van der Waals surface area (Å²) in [7, 11) is -2.87. The van der Waals surface area contributed by atoms with E-state index in [1.165, 1.54) is 0 Å². The molecule has 1 aliphatic heterocycles. The highest BCUT2D eigenvalue weighted by Gasteiger charge is 2.39. The van der Waals surface area contributed by atoms with Gasteiger partial charge in [0.15, 0.2) is 9.84 Å². The van der Waals surface area contributed by atoms with Crippen LogP contribution in [0.15, 0.2) is 0 Å². The van der Waals surface area contributed by atoms with Gasteiger partial charge in [0.2, 0.25) is 0 Å². The summed E-state index contributed by atoms with van der Waals surface area (Å²) >= 11 is 0. The molecule has 1 saturated heterocycles. The third-order valence-corrected chi connectivity index (χ3v) is 6.45. The van der Waals surface area contributed by atoms with Crippen molar-refractivity contribution in [3.8, 4) is 0 Å². The monoisotopic (exact) mass is 287 g/mol. The van der Waals surface area contributed by atoms with Gasteiger partial charge in [0.1, 0.15) is 5.78 Å². The van der Waals surface area contributed by atoms with Crippen LogP contribution in [0, 0.1) is 11.3 Å². The average molecular weight is 287 g/mol. The van der Waals surface area contributed by atoms with Crippen molar-refractivity contribution in [2.75, 3.05) is 24.6 Å². The van der Waals surface area contributed by atoms with E-state index >= 15 is 0 Å². The van der Waals surface area contributed by atoms with E-state index in [9.17, 15) is 13.2 Å². The number of sulfone groups is 1. The third kappa shape index (κ3) is 3.37. The summed E-state index contributed by atoms with van der Waals surface area (Å²) in [6.07, 6.45) is 3.04. The van der Waals surface area contributed by atoms with Crippen molar-refractivity contribution < 1.29 is 13.2 Å². The molecular weight excluding hydrogens is 262 g/mol. The summed E-state index contributed by atoms with van der Waals surface area (Å²) in [6, 6.07) is 0.0385. The lowest BCUT2D eigenvalue weighted by atomic mass is 9.71. The molecule has 5 heteroatoms. The second-order valence-corrected chi connectivity index (χ2v) is 9.02. The van der Waals surface area contributed by atoms with E-state index in [0.29, 0.717) is 12.3 Å². The molecule has 0 amide bonds. The second kappa shape index (κ2) is 5.17. The van der Waals surface area contributed by atoms with Gasteiger partial charge in [-0.25, -0.2) is 8.42 Å². The number of carbonyl (C=O) groups excluding carboxylic acids is 1. The molecule has 2 fully saturated rings. The fourth-order valence-corrected chi connectivity index (χ4v) is 4.98. The Hall–Kier alpha value is -0.420. The number of rotatable bonds is 2. The Balaban J connectivity index is 2.00. The van der Waals surface area contributed by atoms with Crippen LogP contribution in [0.1, 0.15) is 40.0 Å². The quantitative estimate of drug-likeness (QED) is 0.772. The van der Waals surface area contributed by atoms with Crippen LogP contribution < -0.4 is 0 Å². The topological polar surface area (TPSA) is 54.5 Å². The normalized spacial score (nSPS) is 35.2. The maximum absolute atomic E-state index is 12.4. The number of nitrogens with zero attached hydrogens (tertiary/aromatic N) is 1. The number of hydrogen-bond acceptors (Lipinski definition) is 4. The van der Waals surface area contributed by atoms with Crippen LogP contribution in [0.2, 0.25) is 0 Å². The zero-order chi connectivity index (χ0) is 14.3. The largest absolute Gasteiger partial charge is 0.299 e. The van der Waals surface area contributed by atoms with E-state index in [0.717, 1.165) is 25.8 Å². The second-order valence-electron chi connectivity index (χ2n) is 6.80. The predicted molar refractivity (Wildman–Crippen MR) is 75.8 cm³/mol. The smallest absolute Gasteiger partial charge is 0.153 e. The first-order valence-electron chi connectivity index (χ1n) is 7.20. The van der Waals surface area contributed by atoms with Crippen LogP contribution in [0.4, 0.5) is 0 Å². The molecule has 4 nitrogen and oxygen atoms in total. The van der Waals surface area contributed by atoms with Crippen LogP contribution in [0.25, 0.3) is 0 Å². The van der Waals surface area contributed by atoms with E-state index in [1.807, 2.05) is 20.8 Å². The van der Waals surface area contributed by atoms with Crippen molar-refractivity contribution in [2.45, 2.75) is 46.1 Å². The molecule has 19 heavy (non-hydrogen) atoms. The van der Waals surface area contributed by atoms with Crippen LogP contribution in [0.3, 0.4) is 0 Å². The Morgan fingerprint density at radius 1 is 1.37 bits per heavy atom. The third-order valence-electron chi connectivity index (χ3n) is 4.66. The van der Waals surface area contributed by atoms with E-state index in [-0.39, 0.29) is 28.9 Å². The Bertz CT molecular complexity index is 455. The van der Waals surface area contributed by atoms with E-state index in [4.69, 9.17) is 0 Å². The molecule has 2 aliphatic rings. The van der Waals surface area contributed by atoms with Crippen LogP contribution >= 0.6 is 0 Å². The Morgan fingerprint density at radius 2 is 2.05 bits per heavy atom. The van der Waals surface area contributed by atoms with Crippen molar-refractivity contribution in [1.29, 1.82) is 0 Å². The minimum absolute atomic E-state index is 0.0385.